The highest BCUT2D eigenvalue weighted by atomic mass is 16.5. The second-order valence-corrected chi connectivity index (χ2v) is 3.63. The summed E-state index contributed by atoms with van der Waals surface area (Å²) in [6, 6.07) is 1.84. The Kier molecular flexibility index (Phi) is 3.66. The van der Waals surface area contributed by atoms with Crippen molar-refractivity contribution in [2.45, 2.75) is 13.8 Å². The maximum absolute atomic E-state index is 5.19. The molecular weight excluding hydrogens is 230 g/mol. The van der Waals surface area contributed by atoms with Crippen molar-refractivity contribution in [1.82, 2.24) is 19.9 Å². The highest BCUT2D eigenvalue weighted by molar-refractivity contribution is 5.63. The minimum absolute atomic E-state index is 0.457. The van der Waals surface area contributed by atoms with Crippen molar-refractivity contribution >= 4 is 5.82 Å². The van der Waals surface area contributed by atoms with Gasteiger partial charge in [-0.2, -0.15) is 0 Å². The van der Waals surface area contributed by atoms with Crippen LogP contribution in [0.5, 0.6) is 5.88 Å². The van der Waals surface area contributed by atoms with Crippen molar-refractivity contribution < 1.29 is 4.74 Å². The average Bonchev–Trinajstić information content (AvgIpc) is 2.38. The molecule has 0 aliphatic heterocycles. The molecule has 0 spiro atoms. The van der Waals surface area contributed by atoms with Gasteiger partial charge in [0, 0.05) is 25.0 Å². The van der Waals surface area contributed by atoms with Crippen molar-refractivity contribution in [3.8, 4) is 17.3 Å². The van der Waals surface area contributed by atoms with Crippen LogP contribution in [0.4, 0.5) is 5.82 Å². The standard InChI is InChI=1S/C12H15N5O/c1-4-13-10-7-9(16-8(2)17-10)11-12(18-3)15-6-5-14-11/h5-7H,4H2,1-3H3,(H,13,16,17). The van der Waals surface area contributed by atoms with E-state index >= 15 is 0 Å². The first-order valence-electron chi connectivity index (χ1n) is 5.69. The highest BCUT2D eigenvalue weighted by Gasteiger charge is 2.11. The molecule has 2 heterocycles. The summed E-state index contributed by atoms with van der Waals surface area (Å²) in [6.07, 6.45) is 3.20. The van der Waals surface area contributed by atoms with Gasteiger partial charge < -0.3 is 10.1 Å². The number of nitrogens with zero attached hydrogens (tertiary/aromatic N) is 4. The Bertz CT molecular complexity index is 544. The van der Waals surface area contributed by atoms with E-state index in [2.05, 4.69) is 25.3 Å². The lowest BCUT2D eigenvalue weighted by atomic mass is 10.3. The van der Waals surface area contributed by atoms with Crippen LogP contribution in [0.3, 0.4) is 0 Å². The Labute approximate surface area is 105 Å². The normalized spacial score (nSPS) is 10.2. The molecule has 0 amide bonds. The maximum atomic E-state index is 5.19. The molecule has 0 saturated carbocycles. The second kappa shape index (κ2) is 5.39. The number of hydrogen-bond acceptors (Lipinski definition) is 6. The molecule has 6 heteroatoms. The third-order valence-electron chi connectivity index (χ3n) is 2.30. The van der Waals surface area contributed by atoms with E-state index in [-0.39, 0.29) is 0 Å². The van der Waals surface area contributed by atoms with E-state index in [9.17, 15) is 0 Å². The van der Waals surface area contributed by atoms with E-state index in [0.29, 0.717) is 23.1 Å². The highest BCUT2D eigenvalue weighted by Crippen LogP contribution is 2.24. The van der Waals surface area contributed by atoms with Crippen molar-refractivity contribution in [1.29, 1.82) is 0 Å². The van der Waals surface area contributed by atoms with Gasteiger partial charge in [-0.1, -0.05) is 0 Å². The minimum Gasteiger partial charge on any atom is -0.479 e. The van der Waals surface area contributed by atoms with Crippen LogP contribution in [0.15, 0.2) is 18.5 Å². The third-order valence-corrected chi connectivity index (χ3v) is 2.30. The van der Waals surface area contributed by atoms with Crippen LogP contribution in [0, 0.1) is 6.92 Å². The number of anilines is 1. The molecule has 1 N–H and O–H groups in total. The fourth-order valence-corrected chi connectivity index (χ4v) is 1.61. The molecule has 0 bridgehead atoms. The summed E-state index contributed by atoms with van der Waals surface area (Å²) < 4.78 is 5.19. The molecule has 94 valence electrons. The Morgan fingerprint density at radius 2 is 2.00 bits per heavy atom. The van der Waals surface area contributed by atoms with E-state index < -0.39 is 0 Å². The SMILES string of the molecule is CCNc1cc(-c2nccnc2OC)nc(C)n1. The van der Waals surface area contributed by atoms with Gasteiger partial charge in [0.15, 0.2) is 5.69 Å². The summed E-state index contributed by atoms with van der Waals surface area (Å²) in [4.78, 5) is 17.0. The van der Waals surface area contributed by atoms with Crippen molar-refractivity contribution in [3.63, 3.8) is 0 Å². The molecule has 2 aromatic rings. The van der Waals surface area contributed by atoms with E-state index in [1.165, 1.54) is 0 Å². The van der Waals surface area contributed by atoms with Gasteiger partial charge in [-0.05, 0) is 13.8 Å². The zero-order chi connectivity index (χ0) is 13.0. The lowest BCUT2D eigenvalue weighted by Crippen LogP contribution is -2.03. The lowest BCUT2D eigenvalue weighted by molar-refractivity contribution is 0.397. The number of aryl methyl sites for hydroxylation is 1. The summed E-state index contributed by atoms with van der Waals surface area (Å²) in [5, 5.41) is 3.16. The Balaban J connectivity index is 2.49. The molecule has 0 aromatic carbocycles. The fraction of sp³-hybridized carbons (Fsp3) is 0.333. The number of ether oxygens (including phenoxy) is 1. The van der Waals surface area contributed by atoms with Crippen LogP contribution in [0.25, 0.3) is 11.4 Å². The smallest absolute Gasteiger partial charge is 0.241 e. The van der Waals surface area contributed by atoms with E-state index in [0.717, 1.165) is 12.4 Å². The van der Waals surface area contributed by atoms with Gasteiger partial charge in [0.25, 0.3) is 0 Å². The third kappa shape index (κ3) is 2.53. The summed E-state index contributed by atoms with van der Waals surface area (Å²) in [7, 11) is 1.56. The largest absolute Gasteiger partial charge is 0.479 e. The predicted molar refractivity (Wildman–Crippen MR) is 68.5 cm³/mol. The molecule has 0 fully saturated rings. The van der Waals surface area contributed by atoms with E-state index in [4.69, 9.17) is 4.74 Å². The number of rotatable bonds is 4. The molecule has 0 aliphatic rings. The molecule has 0 saturated heterocycles. The number of methoxy groups -OCH3 is 1. The predicted octanol–water partition coefficient (Wildman–Crippen LogP) is 1.68. The molecule has 18 heavy (non-hydrogen) atoms. The summed E-state index contributed by atoms with van der Waals surface area (Å²) in [5.74, 6) is 1.90. The zero-order valence-electron chi connectivity index (χ0n) is 10.6. The summed E-state index contributed by atoms with van der Waals surface area (Å²) in [6.45, 7) is 4.65. The van der Waals surface area contributed by atoms with Crippen LogP contribution >= 0.6 is 0 Å². The molecule has 0 radical (unpaired) electrons. The topological polar surface area (TPSA) is 72.8 Å². The monoisotopic (exact) mass is 245 g/mol. The van der Waals surface area contributed by atoms with Crippen molar-refractivity contribution in [3.05, 3.63) is 24.3 Å². The molecule has 6 nitrogen and oxygen atoms in total. The summed E-state index contributed by atoms with van der Waals surface area (Å²) in [5.41, 5.74) is 1.31. The molecule has 0 aliphatic carbocycles. The Hall–Kier alpha value is -2.24. The zero-order valence-corrected chi connectivity index (χ0v) is 10.6. The summed E-state index contributed by atoms with van der Waals surface area (Å²) >= 11 is 0. The first kappa shape index (κ1) is 12.2. The number of nitrogens with one attached hydrogen (secondary N) is 1. The number of aromatic nitrogens is 4. The van der Waals surface area contributed by atoms with Crippen LogP contribution in [0.2, 0.25) is 0 Å². The first-order chi connectivity index (χ1) is 8.74. The van der Waals surface area contributed by atoms with Gasteiger partial charge >= 0.3 is 0 Å². The van der Waals surface area contributed by atoms with Crippen LogP contribution < -0.4 is 10.1 Å². The van der Waals surface area contributed by atoms with Crippen LogP contribution in [-0.4, -0.2) is 33.6 Å². The molecule has 0 atom stereocenters. The van der Waals surface area contributed by atoms with Gasteiger partial charge in [0.05, 0.1) is 7.11 Å². The minimum atomic E-state index is 0.457. The molecular formula is C12H15N5O. The lowest BCUT2D eigenvalue weighted by Gasteiger charge is -2.08. The Morgan fingerprint density at radius 1 is 1.22 bits per heavy atom. The maximum Gasteiger partial charge on any atom is 0.241 e. The van der Waals surface area contributed by atoms with Crippen molar-refractivity contribution in [2.75, 3.05) is 19.0 Å². The van der Waals surface area contributed by atoms with E-state index in [1.807, 2.05) is 19.9 Å². The molecule has 2 aromatic heterocycles. The Morgan fingerprint density at radius 3 is 2.72 bits per heavy atom. The van der Waals surface area contributed by atoms with Gasteiger partial charge in [-0.15, -0.1) is 0 Å². The van der Waals surface area contributed by atoms with Crippen LogP contribution in [0.1, 0.15) is 12.7 Å². The number of hydrogen-bond donors (Lipinski definition) is 1. The molecule has 2 rings (SSSR count). The quantitative estimate of drug-likeness (QED) is 0.883. The second-order valence-electron chi connectivity index (χ2n) is 3.63. The van der Waals surface area contributed by atoms with Gasteiger partial charge in [-0.25, -0.2) is 19.9 Å². The first-order valence-corrected chi connectivity index (χ1v) is 5.69. The van der Waals surface area contributed by atoms with Gasteiger partial charge in [-0.3, -0.25) is 0 Å². The van der Waals surface area contributed by atoms with Gasteiger partial charge in [0.1, 0.15) is 17.3 Å². The fourth-order valence-electron chi connectivity index (χ4n) is 1.61. The van der Waals surface area contributed by atoms with Crippen molar-refractivity contribution in [2.24, 2.45) is 0 Å². The van der Waals surface area contributed by atoms with E-state index in [1.54, 1.807) is 19.5 Å². The molecule has 0 unspecified atom stereocenters. The van der Waals surface area contributed by atoms with Crippen LogP contribution in [-0.2, 0) is 0 Å². The average molecular weight is 245 g/mol. The van der Waals surface area contributed by atoms with Gasteiger partial charge in [0.2, 0.25) is 5.88 Å².